The Morgan fingerprint density at radius 2 is 1.82 bits per heavy atom. The second kappa shape index (κ2) is 6.85. The largest absolute Gasteiger partial charge is 0.349 e. The van der Waals surface area contributed by atoms with Gasteiger partial charge in [-0.1, -0.05) is 36.4 Å². The average molecular weight is 298 g/mol. The van der Waals surface area contributed by atoms with Crippen molar-refractivity contribution in [3.63, 3.8) is 0 Å². The molecule has 2 rings (SSSR count). The maximum Gasteiger partial charge on any atom is 0.269 e. The van der Waals surface area contributed by atoms with E-state index in [-0.39, 0.29) is 24.1 Å². The summed E-state index contributed by atoms with van der Waals surface area (Å²) in [5, 5.41) is 13.5. The number of carbonyl (C=O) groups is 1. The van der Waals surface area contributed by atoms with E-state index in [0.29, 0.717) is 0 Å². The van der Waals surface area contributed by atoms with Crippen LogP contribution in [0.1, 0.15) is 29.7 Å². The molecule has 0 fully saturated rings. The molecule has 0 aromatic heterocycles. The monoisotopic (exact) mass is 298 g/mol. The number of non-ortho nitro benzene ring substituents is 1. The fourth-order valence-electron chi connectivity index (χ4n) is 2.36. The van der Waals surface area contributed by atoms with Gasteiger partial charge >= 0.3 is 0 Å². The second-order valence-corrected chi connectivity index (χ2v) is 5.25. The highest BCUT2D eigenvalue weighted by Crippen LogP contribution is 2.17. The lowest BCUT2D eigenvalue weighted by Crippen LogP contribution is -2.28. The van der Waals surface area contributed by atoms with E-state index in [9.17, 15) is 14.9 Å². The Labute approximate surface area is 129 Å². The molecule has 0 radical (unpaired) electrons. The predicted octanol–water partition coefficient (Wildman–Crippen LogP) is 3.32. The van der Waals surface area contributed by atoms with Crippen LogP contribution in [0.2, 0.25) is 0 Å². The van der Waals surface area contributed by atoms with Crippen LogP contribution in [0.5, 0.6) is 0 Å². The predicted molar refractivity (Wildman–Crippen MR) is 84.5 cm³/mol. The van der Waals surface area contributed by atoms with E-state index in [1.165, 1.54) is 12.1 Å². The van der Waals surface area contributed by atoms with Gasteiger partial charge in [-0.3, -0.25) is 14.9 Å². The Balaban J connectivity index is 1.98. The SMILES string of the molecule is Cc1ccccc1C(C)NC(=O)Cc1ccc([N+](=O)[O-])cc1. The smallest absolute Gasteiger partial charge is 0.269 e. The van der Waals surface area contributed by atoms with Crippen molar-refractivity contribution >= 4 is 11.6 Å². The number of rotatable bonds is 5. The van der Waals surface area contributed by atoms with Crippen LogP contribution in [0, 0.1) is 17.0 Å². The third-order valence-electron chi connectivity index (χ3n) is 3.54. The van der Waals surface area contributed by atoms with Gasteiger partial charge in [-0.25, -0.2) is 0 Å². The maximum absolute atomic E-state index is 12.1. The number of amides is 1. The quantitative estimate of drug-likeness (QED) is 0.680. The molecule has 1 unspecified atom stereocenters. The molecule has 0 aliphatic rings. The minimum Gasteiger partial charge on any atom is -0.349 e. The molecule has 0 bridgehead atoms. The van der Waals surface area contributed by atoms with E-state index in [1.807, 2.05) is 38.1 Å². The van der Waals surface area contributed by atoms with E-state index < -0.39 is 4.92 Å². The van der Waals surface area contributed by atoms with Crippen molar-refractivity contribution in [3.05, 3.63) is 75.3 Å². The molecule has 0 aliphatic carbocycles. The molecule has 0 saturated carbocycles. The Kier molecular flexibility index (Phi) is 4.88. The van der Waals surface area contributed by atoms with E-state index in [4.69, 9.17) is 0 Å². The summed E-state index contributed by atoms with van der Waals surface area (Å²) >= 11 is 0. The number of nitro benzene ring substituents is 1. The van der Waals surface area contributed by atoms with E-state index in [1.54, 1.807) is 12.1 Å². The number of aryl methyl sites for hydroxylation is 1. The number of nitrogens with one attached hydrogen (secondary N) is 1. The van der Waals surface area contributed by atoms with Crippen molar-refractivity contribution in [1.82, 2.24) is 5.32 Å². The number of carbonyl (C=O) groups excluding carboxylic acids is 1. The van der Waals surface area contributed by atoms with Crippen molar-refractivity contribution < 1.29 is 9.72 Å². The van der Waals surface area contributed by atoms with Crippen LogP contribution in [0.3, 0.4) is 0 Å². The third kappa shape index (κ3) is 3.91. The van der Waals surface area contributed by atoms with Crippen molar-refractivity contribution in [2.45, 2.75) is 26.3 Å². The molecule has 5 heteroatoms. The lowest BCUT2D eigenvalue weighted by atomic mass is 10.0. The average Bonchev–Trinajstić information content (AvgIpc) is 2.48. The summed E-state index contributed by atoms with van der Waals surface area (Å²) in [5.74, 6) is -0.107. The molecule has 1 N–H and O–H groups in total. The van der Waals surface area contributed by atoms with Crippen LogP contribution in [-0.4, -0.2) is 10.8 Å². The van der Waals surface area contributed by atoms with Crippen molar-refractivity contribution in [2.24, 2.45) is 0 Å². The van der Waals surface area contributed by atoms with Gasteiger partial charge in [0.25, 0.3) is 5.69 Å². The molecule has 5 nitrogen and oxygen atoms in total. The van der Waals surface area contributed by atoms with Crippen LogP contribution >= 0.6 is 0 Å². The molecular weight excluding hydrogens is 280 g/mol. The van der Waals surface area contributed by atoms with Crippen LogP contribution in [0.25, 0.3) is 0 Å². The molecule has 0 spiro atoms. The summed E-state index contributed by atoms with van der Waals surface area (Å²) in [6, 6.07) is 13.9. The molecule has 0 heterocycles. The molecule has 22 heavy (non-hydrogen) atoms. The third-order valence-corrected chi connectivity index (χ3v) is 3.54. The number of nitrogens with zero attached hydrogens (tertiary/aromatic N) is 1. The molecule has 0 saturated heterocycles. The molecule has 2 aromatic carbocycles. The van der Waals surface area contributed by atoms with Crippen molar-refractivity contribution in [3.8, 4) is 0 Å². The highest BCUT2D eigenvalue weighted by molar-refractivity contribution is 5.79. The van der Waals surface area contributed by atoms with Gasteiger partial charge in [0.2, 0.25) is 5.91 Å². The van der Waals surface area contributed by atoms with Crippen LogP contribution in [0.4, 0.5) is 5.69 Å². The number of hydrogen-bond acceptors (Lipinski definition) is 3. The Morgan fingerprint density at radius 3 is 2.41 bits per heavy atom. The highest BCUT2D eigenvalue weighted by Gasteiger charge is 2.12. The number of hydrogen-bond donors (Lipinski definition) is 1. The van der Waals surface area contributed by atoms with Crippen molar-refractivity contribution in [1.29, 1.82) is 0 Å². The van der Waals surface area contributed by atoms with Crippen LogP contribution in [-0.2, 0) is 11.2 Å². The zero-order valence-corrected chi connectivity index (χ0v) is 12.6. The second-order valence-electron chi connectivity index (χ2n) is 5.25. The number of nitro groups is 1. The standard InChI is InChI=1S/C17H18N2O3/c1-12-5-3-4-6-16(12)13(2)18-17(20)11-14-7-9-15(10-8-14)19(21)22/h3-10,13H,11H2,1-2H3,(H,18,20). The minimum atomic E-state index is -0.454. The first-order valence-corrected chi connectivity index (χ1v) is 7.05. The first-order chi connectivity index (χ1) is 10.5. The fraction of sp³-hybridized carbons (Fsp3) is 0.235. The van der Waals surface area contributed by atoms with Crippen LogP contribution < -0.4 is 5.32 Å². The maximum atomic E-state index is 12.1. The van der Waals surface area contributed by atoms with Gasteiger partial charge in [-0.05, 0) is 30.5 Å². The van der Waals surface area contributed by atoms with E-state index in [0.717, 1.165) is 16.7 Å². The first-order valence-electron chi connectivity index (χ1n) is 7.05. The molecule has 0 aliphatic heterocycles. The van der Waals surface area contributed by atoms with Crippen LogP contribution in [0.15, 0.2) is 48.5 Å². The summed E-state index contributed by atoms with van der Waals surface area (Å²) < 4.78 is 0. The lowest BCUT2D eigenvalue weighted by Gasteiger charge is -2.16. The summed E-state index contributed by atoms with van der Waals surface area (Å²) in [6.45, 7) is 3.95. The zero-order valence-electron chi connectivity index (χ0n) is 12.6. The van der Waals surface area contributed by atoms with Crippen molar-refractivity contribution in [2.75, 3.05) is 0 Å². The summed E-state index contributed by atoms with van der Waals surface area (Å²) in [4.78, 5) is 22.2. The molecular formula is C17H18N2O3. The topological polar surface area (TPSA) is 72.2 Å². The van der Waals surface area contributed by atoms with E-state index >= 15 is 0 Å². The Morgan fingerprint density at radius 1 is 1.18 bits per heavy atom. The lowest BCUT2D eigenvalue weighted by molar-refractivity contribution is -0.384. The highest BCUT2D eigenvalue weighted by atomic mass is 16.6. The summed E-state index contributed by atoms with van der Waals surface area (Å²) in [7, 11) is 0. The summed E-state index contributed by atoms with van der Waals surface area (Å²) in [6.07, 6.45) is 0.203. The fourth-order valence-corrected chi connectivity index (χ4v) is 2.36. The minimum absolute atomic E-state index is 0.0254. The normalized spacial score (nSPS) is 11.7. The van der Waals surface area contributed by atoms with Gasteiger partial charge in [0, 0.05) is 12.1 Å². The van der Waals surface area contributed by atoms with Gasteiger partial charge in [0.1, 0.15) is 0 Å². The van der Waals surface area contributed by atoms with Gasteiger partial charge in [-0.2, -0.15) is 0 Å². The molecule has 1 amide bonds. The van der Waals surface area contributed by atoms with Gasteiger partial charge < -0.3 is 5.32 Å². The Hall–Kier alpha value is -2.69. The molecule has 2 aromatic rings. The first kappa shape index (κ1) is 15.7. The van der Waals surface area contributed by atoms with Gasteiger partial charge in [0.05, 0.1) is 17.4 Å². The molecule has 114 valence electrons. The zero-order chi connectivity index (χ0) is 16.1. The van der Waals surface area contributed by atoms with E-state index in [2.05, 4.69) is 5.32 Å². The van der Waals surface area contributed by atoms with Gasteiger partial charge in [0.15, 0.2) is 0 Å². The number of benzene rings is 2. The molecule has 1 atom stereocenters. The Bertz CT molecular complexity index is 681. The summed E-state index contributed by atoms with van der Waals surface area (Å²) in [5.41, 5.74) is 2.99. The van der Waals surface area contributed by atoms with Gasteiger partial charge in [-0.15, -0.1) is 0 Å².